The van der Waals surface area contributed by atoms with Crippen LogP contribution in [0.3, 0.4) is 0 Å². The van der Waals surface area contributed by atoms with Gasteiger partial charge in [-0.25, -0.2) is 0 Å². The van der Waals surface area contributed by atoms with Gasteiger partial charge in [0, 0.05) is 16.5 Å². The summed E-state index contributed by atoms with van der Waals surface area (Å²) >= 11 is 3.48. The van der Waals surface area contributed by atoms with Gasteiger partial charge >= 0.3 is 0 Å². The molecule has 0 spiro atoms. The van der Waals surface area contributed by atoms with Crippen LogP contribution in [0.25, 0.3) is 11.4 Å². The van der Waals surface area contributed by atoms with E-state index in [0.717, 1.165) is 22.2 Å². The van der Waals surface area contributed by atoms with Gasteiger partial charge in [0.05, 0.1) is 19.8 Å². The lowest BCUT2D eigenvalue weighted by atomic mass is 10.2. The molecule has 1 aromatic heterocycles. The summed E-state index contributed by atoms with van der Waals surface area (Å²) < 4.78 is 17.1. The smallest absolute Gasteiger partial charge is 0.240 e. The normalized spacial score (nSPS) is 14.2. The molecule has 2 N–H and O–H groups in total. The highest BCUT2D eigenvalue weighted by molar-refractivity contribution is 9.10. The summed E-state index contributed by atoms with van der Waals surface area (Å²) in [6.45, 7) is 1.50. The Labute approximate surface area is 118 Å². The number of hydrogen-bond acceptors (Lipinski definition) is 6. The van der Waals surface area contributed by atoms with E-state index in [1.807, 2.05) is 12.1 Å². The van der Waals surface area contributed by atoms with Gasteiger partial charge in [-0.2, -0.15) is 4.98 Å². The monoisotopic (exact) mass is 325 g/mol. The zero-order chi connectivity index (χ0) is 13.2. The molecular formula is C12H12BrN3O3. The van der Waals surface area contributed by atoms with Crippen molar-refractivity contribution >= 4 is 15.9 Å². The van der Waals surface area contributed by atoms with Gasteiger partial charge < -0.3 is 19.7 Å². The van der Waals surface area contributed by atoms with Crippen LogP contribution in [-0.2, 0) is 6.54 Å². The highest BCUT2D eigenvalue weighted by atomic mass is 79.9. The van der Waals surface area contributed by atoms with Crippen molar-refractivity contribution in [2.75, 3.05) is 13.2 Å². The van der Waals surface area contributed by atoms with E-state index in [0.29, 0.717) is 30.7 Å². The molecule has 0 saturated heterocycles. The first-order valence-electron chi connectivity index (χ1n) is 5.90. The van der Waals surface area contributed by atoms with E-state index in [1.54, 1.807) is 0 Å². The molecular weight excluding hydrogens is 314 g/mol. The lowest BCUT2D eigenvalue weighted by Gasteiger charge is -2.09. The van der Waals surface area contributed by atoms with Crippen LogP contribution < -0.4 is 15.2 Å². The van der Waals surface area contributed by atoms with Crippen LogP contribution >= 0.6 is 15.9 Å². The molecule has 0 radical (unpaired) electrons. The third-order valence-corrected chi connectivity index (χ3v) is 3.38. The van der Waals surface area contributed by atoms with Gasteiger partial charge in [0.15, 0.2) is 11.5 Å². The molecule has 1 aliphatic heterocycles. The molecule has 3 rings (SSSR count). The highest BCUT2D eigenvalue weighted by Crippen LogP contribution is 2.38. The topological polar surface area (TPSA) is 83.4 Å². The van der Waals surface area contributed by atoms with Crippen LogP contribution in [-0.4, -0.2) is 23.4 Å². The van der Waals surface area contributed by atoms with Gasteiger partial charge in [0.2, 0.25) is 11.7 Å². The predicted molar refractivity (Wildman–Crippen MR) is 70.9 cm³/mol. The zero-order valence-corrected chi connectivity index (χ0v) is 11.6. The number of nitrogens with zero attached hydrogens (tertiary/aromatic N) is 2. The molecule has 1 aliphatic rings. The van der Waals surface area contributed by atoms with Crippen molar-refractivity contribution in [1.29, 1.82) is 0 Å². The Bertz CT molecular complexity index is 600. The summed E-state index contributed by atoms with van der Waals surface area (Å²) in [7, 11) is 0. The molecule has 2 aromatic rings. The molecule has 19 heavy (non-hydrogen) atoms. The Balaban J connectivity index is 2.04. The van der Waals surface area contributed by atoms with Crippen LogP contribution in [0.2, 0.25) is 0 Å². The van der Waals surface area contributed by atoms with E-state index in [1.165, 1.54) is 0 Å². The number of ether oxygens (including phenoxy) is 2. The molecule has 0 unspecified atom stereocenters. The van der Waals surface area contributed by atoms with Gasteiger partial charge in [-0.1, -0.05) is 5.16 Å². The van der Waals surface area contributed by atoms with E-state index in [9.17, 15) is 0 Å². The first kappa shape index (κ1) is 12.4. The maximum atomic E-state index is 5.64. The number of nitrogens with two attached hydrogens (primary N) is 1. The summed E-state index contributed by atoms with van der Waals surface area (Å²) in [6.07, 6.45) is 0.862. The van der Waals surface area contributed by atoms with Crippen LogP contribution in [0, 0.1) is 0 Å². The van der Waals surface area contributed by atoms with Gasteiger partial charge in [0.1, 0.15) is 0 Å². The number of aromatic nitrogens is 2. The van der Waals surface area contributed by atoms with Gasteiger partial charge in [-0.15, -0.1) is 0 Å². The fraction of sp³-hybridized carbons (Fsp3) is 0.333. The highest BCUT2D eigenvalue weighted by Gasteiger charge is 2.17. The summed E-state index contributed by atoms with van der Waals surface area (Å²) in [5, 5.41) is 3.90. The number of benzene rings is 1. The molecule has 2 heterocycles. The fourth-order valence-electron chi connectivity index (χ4n) is 1.80. The quantitative estimate of drug-likeness (QED) is 0.910. The molecule has 0 aliphatic carbocycles. The minimum Gasteiger partial charge on any atom is -0.490 e. The summed E-state index contributed by atoms with van der Waals surface area (Å²) in [6, 6.07) is 3.70. The first-order valence-corrected chi connectivity index (χ1v) is 6.69. The van der Waals surface area contributed by atoms with E-state index < -0.39 is 0 Å². The molecule has 7 heteroatoms. The van der Waals surface area contributed by atoms with Gasteiger partial charge in [-0.3, -0.25) is 0 Å². The number of rotatable bonds is 2. The third kappa shape index (κ3) is 2.43. The molecule has 1 aromatic carbocycles. The second kappa shape index (κ2) is 5.18. The van der Waals surface area contributed by atoms with Gasteiger partial charge in [-0.05, 0) is 28.1 Å². The van der Waals surface area contributed by atoms with Gasteiger partial charge in [0.25, 0.3) is 0 Å². The minimum atomic E-state index is 0.217. The van der Waals surface area contributed by atoms with Crippen molar-refractivity contribution in [3.05, 3.63) is 22.5 Å². The van der Waals surface area contributed by atoms with E-state index >= 15 is 0 Å². The molecule has 6 nitrogen and oxygen atoms in total. The van der Waals surface area contributed by atoms with Crippen molar-refractivity contribution in [2.45, 2.75) is 13.0 Å². The Kier molecular flexibility index (Phi) is 3.39. The standard InChI is InChI=1S/C12H12BrN3O3/c13-8-5-10-9(17-2-1-3-18-10)4-7(8)12-15-11(6-14)19-16-12/h4-5H,1-3,6,14H2. The molecule has 0 fully saturated rings. The third-order valence-electron chi connectivity index (χ3n) is 2.72. The molecule has 0 saturated carbocycles. The Hall–Kier alpha value is -1.60. The number of hydrogen-bond donors (Lipinski definition) is 1. The summed E-state index contributed by atoms with van der Waals surface area (Å²) in [5.74, 6) is 2.28. The molecule has 0 amide bonds. The maximum absolute atomic E-state index is 5.64. The molecule has 100 valence electrons. The summed E-state index contributed by atoms with van der Waals surface area (Å²) in [4.78, 5) is 4.20. The fourth-order valence-corrected chi connectivity index (χ4v) is 2.30. The van der Waals surface area contributed by atoms with Crippen LogP contribution in [0.1, 0.15) is 12.3 Å². The lowest BCUT2D eigenvalue weighted by molar-refractivity contribution is 0.297. The Morgan fingerprint density at radius 3 is 2.63 bits per heavy atom. The first-order chi connectivity index (χ1) is 9.28. The second-order valence-corrected chi connectivity index (χ2v) is 4.90. The number of fused-ring (bicyclic) bond motifs is 1. The Morgan fingerprint density at radius 1 is 1.21 bits per heavy atom. The lowest BCUT2D eigenvalue weighted by Crippen LogP contribution is -1.97. The van der Waals surface area contributed by atoms with Crippen molar-refractivity contribution in [1.82, 2.24) is 10.1 Å². The van der Waals surface area contributed by atoms with Crippen LogP contribution in [0.4, 0.5) is 0 Å². The Morgan fingerprint density at radius 2 is 1.95 bits per heavy atom. The van der Waals surface area contributed by atoms with Crippen molar-refractivity contribution in [3.63, 3.8) is 0 Å². The van der Waals surface area contributed by atoms with E-state index in [2.05, 4.69) is 26.1 Å². The van der Waals surface area contributed by atoms with E-state index in [-0.39, 0.29) is 6.54 Å². The zero-order valence-electron chi connectivity index (χ0n) is 10.1. The average Bonchev–Trinajstić information content (AvgIpc) is 2.78. The largest absolute Gasteiger partial charge is 0.490 e. The number of halogens is 1. The molecule has 0 bridgehead atoms. The van der Waals surface area contributed by atoms with Crippen molar-refractivity contribution in [3.8, 4) is 22.9 Å². The minimum absolute atomic E-state index is 0.217. The maximum Gasteiger partial charge on any atom is 0.240 e. The SMILES string of the molecule is NCc1nc(-c2cc3c(cc2Br)OCCCO3)no1. The van der Waals surface area contributed by atoms with Crippen LogP contribution in [0.15, 0.2) is 21.1 Å². The molecule has 0 atom stereocenters. The van der Waals surface area contributed by atoms with Crippen molar-refractivity contribution in [2.24, 2.45) is 5.73 Å². The second-order valence-electron chi connectivity index (χ2n) is 4.05. The predicted octanol–water partition coefficient (Wildman–Crippen LogP) is 2.12. The van der Waals surface area contributed by atoms with Crippen molar-refractivity contribution < 1.29 is 14.0 Å². The average molecular weight is 326 g/mol. The van der Waals surface area contributed by atoms with Crippen LogP contribution in [0.5, 0.6) is 11.5 Å². The van der Waals surface area contributed by atoms with E-state index in [4.69, 9.17) is 19.7 Å². The summed E-state index contributed by atoms with van der Waals surface area (Å²) in [5.41, 5.74) is 6.24.